The number of hydrogen-bond acceptors (Lipinski definition) is 8. The van der Waals surface area contributed by atoms with Crippen molar-refractivity contribution in [2.24, 2.45) is 0 Å². The lowest BCUT2D eigenvalue weighted by atomic mass is 9.97. The van der Waals surface area contributed by atoms with Gasteiger partial charge in [0.1, 0.15) is 36.6 Å². The maximum Gasteiger partial charge on any atom is 0.187 e. The number of fused-ring (bicyclic) bond motifs is 1. The van der Waals surface area contributed by atoms with Crippen molar-refractivity contribution >= 4 is 0 Å². The maximum absolute atomic E-state index is 10.1. The van der Waals surface area contributed by atoms with E-state index in [0.717, 1.165) is 0 Å². The summed E-state index contributed by atoms with van der Waals surface area (Å²) >= 11 is 0. The Kier molecular flexibility index (Phi) is 3.55. The lowest BCUT2D eigenvalue weighted by Crippen LogP contribution is -2.61. The second-order valence-corrected chi connectivity index (χ2v) is 5.92. The second-order valence-electron chi connectivity index (χ2n) is 5.92. The van der Waals surface area contributed by atoms with Gasteiger partial charge in [-0.1, -0.05) is 0 Å². The maximum atomic E-state index is 10.1. The first-order chi connectivity index (χ1) is 9.37. The minimum absolute atomic E-state index is 0.0557. The van der Waals surface area contributed by atoms with E-state index in [1.54, 1.807) is 6.92 Å². The van der Waals surface area contributed by atoms with Crippen molar-refractivity contribution < 1.29 is 39.7 Å². The van der Waals surface area contributed by atoms with Gasteiger partial charge in [-0.2, -0.15) is 0 Å². The number of hydrogen-bond donors (Lipinski definition) is 5. The highest BCUT2D eigenvalue weighted by atomic mass is 16.7. The van der Waals surface area contributed by atoms with Crippen LogP contribution in [0.3, 0.4) is 0 Å². The van der Waals surface area contributed by atoms with Gasteiger partial charge in [-0.25, -0.2) is 0 Å². The van der Waals surface area contributed by atoms with Gasteiger partial charge in [-0.15, -0.1) is 0 Å². The summed E-state index contributed by atoms with van der Waals surface area (Å²) in [6.07, 6.45) is -7.34. The number of aliphatic hydroxyl groups is 5. The fourth-order valence-electron chi connectivity index (χ4n) is 3.01. The van der Waals surface area contributed by atoms with Crippen molar-refractivity contribution in [3.63, 3.8) is 0 Å². The van der Waals surface area contributed by atoms with Crippen molar-refractivity contribution in [2.45, 2.75) is 68.0 Å². The average Bonchev–Trinajstić information content (AvgIpc) is 3.12. The molecule has 0 aromatic heterocycles. The largest absolute Gasteiger partial charge is 0.394 e. The Morgan fingerprint density at radius 1 is 1.10 bits per heavy atom. The number of rotatable bonds is 3. The molecule has 0 aromatic rings. The molecule has 3 rings (SSSR count). The summed E-state index contributed by atoms with van der Waals surface area (Å²) in [5, 5.41) is 48.5. The fourth-order valence-corrected chi connectivity index (χ4v) is 3.01. The molecule has 9 unspecified atom stereocenters. The van der Waals surface area contributed by atoms with Crippen LogP contribution in [-0.4, -0.2) is 86.8 Å². The van der Waals surface area contributed by atoms with E-state index >= 15 is 0 Å². The van der Waals surface area contributed by atoms with Crippen molar-refractivity contribution in [3.05, 3.63) is 0 Å². The van der Waals surface area contributed by atoms with Crippen LogP contribution in [0.1, 0.15) is 13.3 Å². The van der Waals surface area contributed by atoms with Crippen LogP contribution in [-0.2, 0) is 14.2 Å². The van der Waals surface area contributed by atoms with E-state index in [1.165, 1.54) is 0 Å². The van der Waals surface area contributed by atoms with Crippen LogP contribution in [0, 0.1) is 0 Å². The van der Waals surface area contributed by atoms with Crippen LogP contribution >= 0.6 is 0 Å². The zero-order valence-electron chi connectivity index (χ0n) is 11.0. The van der Waals surface area contributed by atoms with Crippen molar-refractivity contribution in [2.75, 3.05) is 6.61 Å². The number of ether oxygens (including phenoxy) is 3. The molecule has 3 fully saturated rings. The minimum atomic E-state index is -1.49. The van der Waals surface area contributed by atoms with Gasteiger partial charge < -0.3 is 39.7 Å². The van der Waals surface area contributed by atoms with Crippen LogP contribution in [0.4, 0.5) is 0 Å². The molecule has 5 N–H and O–H groups in total. The molecule has 0 bridgehead atoms. The third kappa shape index (κ3) is 2.16. The zero-order valence-corrected chi connectivity index (χ0v) is 11.0. The first-order valence-corrected chi connectivity index (χ1v) is 6.69. The Morgan fingerprint density at radius 2 is 1.80 bits per heavy atom. The van der Waals surface area contributed by atoms with E-state index in [4.69, 9.17) is 19.3 Å². The topological polar surface area (TPSA) is 132 Å². The number of epoxide rings is 1. The molecule has 0 radical (unpaired) electrons. The summed E-state index contributed by atoms with van der Waals surface area (Å²) < 4.78 is 16.1. The van der Waals surface area contributed by atoms with E-state index in [9.17, 15) is 20.4 Å². The van der Waals surface area contributed by atoms with Gasteiger partial charge in [0, 0.05) is 6.42 Å². The summed E-state index contributed by atoms with van der Waals surface area (Å²) in [6.45, 7) is 1.16. The van der Waals surface area contributed by atoms with Gasteiger partial charge in [0.15, 0.2) is 6.29 Å². The monoisotopic (exact) mass is 292 g/mol. The van der Waals surface area contributed by atoms with Gasteiger partial charge >= 0.3 is 0 Å². The predicted molar refractivity (Wildman–Crippen MR) is 62.5 cm³/mol. The van der Waals surface area contributed by atoms with Crippen LogP contribution in [0.15, 0.2) is 0 Å². The summed E-state index contributed by atoms with van der Waals surface area (Å²) in [4.78, 5) is 0. The third-order valence-corrected chi connectivity index (χ3v) is 4.40. The van der Waals surface area contributed by atoms with Gasteiger partial charge in [0.05, 0.1) is 18.3 Å². The predicted octanol–water partition coefficient (Wildman–Crippen LogP) is -2.91. The van der Waals surface area contributed by atoms with Crippen molar-refractivity contribution in [1.82, 2.24) is 0 Å². The first-order valence-electron chi connectivity index (χ1n) is 6.69. The lowest BCUT2D eigenvalue weighted by molar-refractivity contribution is -0.334. The quantitative estimate of drug-likeness (QED) is 0.350. The molecule has 8 nitrogen and oxygen atoms in total. The molecule has 3 aliphatic rings. The molecule has 1 aliphatic carbocycles. The van der Waals surface area contributed by atoms with Crippen molar-refractivity contribution in [3.8, 4) is 0 Å². The molecule has 1 saturated carbocycles. The van der Waals surface area contributed by atoms with Crippen LogP contribution in [0.5, 0.6) is 0 Å². The third-order valence-electron chi connectivity index (χ3n) is 4.40. The summed E-state index contributed by atoms with van der Waals surface area (Å²) in [5.41, 5.74) is -0.957. The van der Waals surface area contributed by atoms with Crippen LogP contribution < -0.4 is 0 Å². The molecule has 9 atom stereocenters. The van der Waals surface area contributed by atoms with E-state index < -0.39 is 49.0 Å². The van der Waals surface area contributed by atoms with Gasteiger partial charge in [-0.3, -0.25) is 0 Å². The molecule has 2 heterocycles. The van der Waals surface area contributed by atoms with E-state index in [2.05, 4.69) is 0 Å². The smallest absolute Gasteiger partial charge is 0.187 e. The van der Waals surface area contributed by atoms with Gasteiger partial charge in [0.25, 0.3) is 0 Å². The molecule has 0 aromatic carbocycles. The molecular formula is C12H20O8. The highest BCUT2D eigenvalue weighted by Crippen LogP contribution is 2.47. The molecule has 0 spiro atoms. The Labute approximate surface area is 115 Å². The minimum Gasteiger partial charge on any atom is -0.394 e. The Morgan fingerprint density at radius 3 is 2.35 bits per heavy atom. The molecule has 0 amide bonds. The summed E-state index contributed by atoms with van der Waals surface area (Å²) in [5.74, 6) is 0. The highest BCUT2D eigenvalue weighted by Gasteiger charge is 2.63. The van der Waals surface area contributed by atoms with Crippen LogP contribution in [0.2, 0.25) is 0 Å². The molecule has 20 heavy (non-hydrogen) atoms. The molecule has 116 valence electrons. The highest BCUT2D eigenvalue weighted by molar-refractivity contribution is 5.11. The van der Waals surface area contributed by atoms with Gasteiger partial charge in [0.2, 0.25) is 0 Å². The Hall–Kier alpha value is -0.320. The second kappa shape index (κ2) is 4.85. The standard InChI is InChI=1S/C12H20O8/c1-12(2-4-9(18-4)10(12)17)20-11-8(16)7(15)6(14)5(3-13)19-11/h4-11,13-17H,2-3H2,1H3. The molecule has 2 aliphatic heterocycles. The summed E-state index contributed by atoms with van der Waals surface area (Å²) in [7, 11) is 0. The van der Waals surface area contributed by atoms with E-state index in [1.807, 2.05) is 0 Å². The molecule has 8 heteroatoms. The molecule has 2 saturated heterocycles. The number of aliphatic hydroxyl groups excluding tert-OH is 5. The fraction of sp³-hybridized carbons (Fsp3) is 1.00. The normalized spacial score (nSPS) is 58.5. The zero-order chi connectivity index (χ0) is 14.7. The van der Waals surface area contributed by atoms with Gasteiger partial charge in [-0.05, 0) is 6.92 Å². The van der Waals surface area contributed by atoms with E-state index in [-0.39, 0.29) is 12.2 Å². The van der Waals surface area contributed by atoms with Crippen molar-refractivity contribution in [1.29, 1.82) is 0 Å². The molecular weight excluding hydrogens is 272 g/mol. The Bertz CT molecular complexity index is 376. The average molecular weight is 292 g/mol. The van der Waals surface area contributed by atoms with Crippen LogP contribution in [0.25, 0.3) is 0 Å². The SMILES string of the molecule is CC1(OC2OC(CO)C(O)C(O)C2O)CC2OC2C1O. The Balaban J connectivity index is 1.70. The van der Waals surface area contributed by atoms with E-state index in [0.29, 0.717) is 6.42 Å². The summed E-state index contributed by atoms with van der Waals surface area (Å²) in [6, 6.07) is 0. The lowest BCUT2D eigenvalue weighted by Gasteiger charge is -2.43. The first kappa shape index (κ1) is 14.6.